The molecule has 1 aromatic carbocycles. The van der Waals surface area contributed by atoms with Gasteiger partial charge in [-0.05, 0) is 50.8 Å². The summed E-state index contributed by atoms with van der Waals surface area (Å²) in [5, 5.41) is 8.17. The van der Waals surface area contributed by atoms with Gasteiger partial charge < -0.3 is 18.9 Å². The summed E-state index contributed by atoms with van der Waals surface area (Å²) in [7, 11) is 1.08. The molecule has 1 fully saturated rings. The molecule has 2 aliphatic rings. The minimum atomic E-state index is -3.56. The maximum Gasteiger partial charge on any atom is 0.267 e. The predicted molar refractivity (Wildman–Crippen MR) is 130 cm³/mol. The molecule has 35 heavy (non-hydrogen) atoms. The van der Waals surface area contributed by atoms with Gasteiger partial charge in [-0.2, -0.15) is 8.42 Å². The lowest BCUT2D eigenvalue weighted by Gasteiger charge is -2.38. The highest BCUT2D eigenvalue weighted by atomic mass is 32.2. The molecular weight excluding hydrogens is 474 g/mol. The zero-order valence-electron chi connectivity index (χ0n) is 20.6. The number of ether oxygens (including phenoxy) is 4. The van der Waals surface area contributed by atoms with Crippen molar-refractivity contribution in [1.29, 1.82) is 0 Å². The summed E-state index contributed by atoms with van der Waals surface area (Å²) in [5.74, 6) is 1.75. The van der Waals surface area contributed by atoms with Gasteiger partial charge in [-0.15, -0.1) is 10.2 Å². The van der Waals surface area contributed by atoms with E-state index in [-0.39, 0.29) is 17.7 Å². The Hall–Kier alpha value is -2.92. The minimum Gasteiger partial charge on any atom is -0.493 e. The molecule has 1 aliphatic carbocycles. The number of methoxy groups -OCH3 is 3. The number of aliphatic imine (C=N–C) groups is 1. The Morgan fingerprint density at radius 1 is 0.943 bits per heavy atom. The number of rotatable bonds is 9. The highest BCUT2D eigenvalue weighted by Crippen LogP contribution is 2.46. The van der Waals surface area contributed by atoms with Crippen LogP contribution in [0.3, 0.4) is 0 Å². The van der Waals surface area contributed by atoms with Crippen molar-refractivity contribution in [3.63, 3.8) is 0 Å². The fourth-order valence-corrected chi connectivity index (χ4v) is 5.44. The van der Waals surface area contributed by atoms with E-state index < -0.39 is 16.2 Å². The van der Waals surface area contributed by atoms with Crippen molar-refractivity contribution in [2.45, 2.75) is 51.2 Å². The Morgan fingerprint density at radius 2 is 1.74 bits per heavy atom. The average Bonchev–Trinajstić information content (AvgIpc) is 2.87. The maximum atomic E-state index is 12.1. The van der Waals surface area contributed by atoms with Crippen LogP contribution in [0.1, 0.15) is 55.7 Å². The van der Waals surface area contributed by atoms with E-state index in [2.05, 4.69) is 10.2 Å². The van der Waals surface area contributed by atoms with Crippen LogP contribution < -0.4 is 18.9 Å². The molecule has 0 N–H and O–H groups in total. The molecule has 10 nitrogen and oxygen atoms in total. The molecule has 0 unspecified atom stereocenters. The molecule has 190 valence electrons. The van der Waals surface area contributed by atoms with Crippen LogP contribution in [0.4, 0.5) is 0 Å². The van der Waals surface area contributed by atoms with Gasteiger partial charge in [-0.25, -0.2) is 0 Å². The summed E-state index contributed by atoms with van der Waals surface area (Å²) in [5.41, 5.74) is 3.16. The molecule has 0 saturated heterocycles. The van der Waals surface area contributed by atoms with Crippen LogP contribution in [-0.4, -0.2) is 70.2 Å². The third kappa shape index (κ3) is 5.06. The van der Waals surface area contributed by atoms with Crippen molar-refractivity contribution in [1.82, 2.24) is 10.2 Å². The highest BCUT2D eigenvalue weighted by molar-refractivity contribution is 7.86. The van der Waals surface area contributed by atoms with E-state index in [1.807, 2.05) is 19.1 Å². The molecule has 4 rings (SSSR count). The van der Waals surface area contributed by atoms with Gasteiger partial charge in [-0.1, -0.05) is 0 Å². The normalized spacial score (nSPS) is 21.4. The zero-order valence-corrected chi connectivity index (χ0v) is 21.4. The van der Waals surface area contributed by atoms with Gasteiger partial charge in [0.2, 0.25) is 11.8 Å². The van der Waals surface area contributed by atoms with Gasteiger partial charge in [-0.3, -0.25) is 9.18 Å². The first-order valence-corrected chi connectivity index (χ1v) is 13.2. The number of benzene rings is 1. The molecule has 0 bridgehead atoms. The minimum absolute atomic E-state index is 0.0487. The fourth-order valence-electron chi connectivity index (χ4n) is 4.72. The van der Waals surface area contributed by atoms with Crippen LogP contribution >= 0.6 is 0 Å². The number of nitrogens with zero attached hydrogens (tertiary/aromatic N) is 3. The van der Waals surface area contributed by atoms with Crippen LogP contribution in [0.5, 0.6) is 23.3 Å². The van der Waals surface area contributed by atoms with Crippen LogP contribution in [0.2, 0.25) is 0 Å². The van der Waals surface area contributed by atoms with Crippen molar-refractivity contribution in [2.75, 3.05) is 33.7 Å². The molecular formula is C24H31N3O7S. The third-order valence-corrected chi connectivity index (χ3v) is 7.65. The van der Waals surface area contributed by atoms with Crippen molar-refractivity contribution >= 4 is 15.8 Å². The third-order valence-electron chi connectivity index (χ3n) is 6.38. The van der Waals surface area contributed by atoms with Gasteiger partial charge in [0.15, 0.2) is 11.5 Å². The Labute approximate surface area is 205 Å². The SMILES string of the molecule is CCOc1cc2c(cc1OC)C(c1cc(OC)nnc1OC)=N[C@@H]1CC[C@@H](OS(=O)(=O)CC)C[C@H]21. The van der Waals surface area contributed by atoms with Gasteiger partial charge in [0.05, 0.1) is 57.1 Å². The van der Waals surface area contributed by atoms with Crippen molar-refractivity contribution in [2.24, 2.45) is 4.99 Å². The Morgan fingerprint density at radius 3 is 2.40 bits per heavy atom. The molecule has 3 atom stereocenters. The number of aromatic nitrogens is 2. The second kappa shape index (κ2) is 10.4. The number of fused-ring (bicyclic) bond motifs is 3. The summed E-state index contributed by atoms with van der Waals surface area (Å²) in [6.45, 7) is 3.97. The molecule has 2 aromatic rings. The molecule has 1 aliphatic heterocycles. The van der Waals surface area contributed by atoms with Gasteiger partial charge >= 0.3 is 0 Å². The standard InChI is InChI=1S/C24H31N3O7S/c1-6-33-21-11-15-16-10-14(34-35(28,29)7-2)8-9-19(16)25-23(17(15)12-20(21)30-3)18-13-22(31-4)26-27-24(18)32-5/h11-14,16,19H,6-10H2,1-5H3/t14-,16-,19-/m1/s1. The average molecular weight is 506 g/mol. The Bertz CT molecular complexity index is 1220. The van der Waals surface area contributed by atoms with Crippen molar-refractivity contribution in [3.05, 3.63) is 34.9 Å². The van der Waals surface area contributed by atoms with E-state index >= 15 is 0 Å². The van der Waals surface area contributed by atoms with Gasteiger partial charge in [0, 0.05) is 17.5 Å². The second-order valence-electron chi connectivity index (χ2n) is 8.36. The molecule has 2 heterocycles. The first-order chi connectivity index (χ1) is 16.8. The Balaban J connectivity index is 1.85. The van der Waals surface area contributed by atoms with E-state index in [1.54, 1.807) is 20.1 Å². The quantitative estimate of drug-likeness (QED) is 0.474. The molecule has 0 spiro atoms. The van der Waals surface area contributed by atoms with Crippen LogP contribution in [0.15, 0.2) is 23.2 Å². The monoisotopic (exact) mass is 505 g/mol. The van der Waals surface area contributed by atoms with Crippen molar-refractivity contribution < 1.29 is 31.5 Å². The van der Waals surface area contributed by atoms with Crippen LogP contribution in [-0.2, 0) is 14.3 Å². The van der Waals surface area contributed by atoms with E-state index in [4.69, 9.17) is 28.1 Å². The fraction of sp³-hybridized carbons (Fsp3) is 0.542. The van der Waals surface area contributed by atoms with Crippen LogP contribution in [0, 0.1) is 0 Å². The highest BCUT2D eigenvalue weighted by Gasteiger charge is 2.40. The molecule has 1 aromatic heterocycles. The van der Waals surface area contributed by atoms with Crippen LogP contribution in [0.25, 0.3) is 0 Å². The topological polar surface area (TPSA) is 118 Å². The van der Waals surface area contributed by atoms with E-state index in [0.717, 1.165) is 11.1 Å². The summed E-state index contributed by atoms with van der Waals surface area (Å²) >= 11 is 0. The summed E-state index contributed by atoms with van der Waals surface area (Å²) < 4.78 is 52.1. The summed E-state index contributed by atoms with van der Waals surface area (Å²) in [6, 6.07) is 5.54. The second-order valence-corrected chi connectivity index (χ2v) is 10.2. The summed E-state index contributed by atoms with van der Waals surface area (Å²) in [4.78, 5) is 5.11. The largest absolute Gasteiger partial charge is 0.493 e. The molecule has 0 radical (unpaired) electrons. The lowest BCUT2D eigenvalue weighted by atomic mass is 9.74. The van der Waals surface area contributed by atoms with E-state index in [9.17, 15) is 8.42 Å². The number of hydrogen-bond donors (Lipinski definition) is 0. The number of hydrogen-bond acceptors (Lipinski definition) is 10. The summed E-state index contributed by atoms with van der Waals surface area (Å²) in [6.07, 6.45) is 1.39. The zero-order chi connectivity index (χ0) is 25.2. The lowest BCUT2D eigenvalue weighted by molar-refractivity contribution is 0.140. The molecule has 1 saturated carbocycles. The first-order valence-electron chi connectivity index (χ1n) is 11.6. The van der Waals surface area contributed by atoms with E-state index in [0.29, 0.717) is 60.4 Å². The predicted octanol–water partition coefficient (Wildman–Crippen LogP) is 3.12. The molecule has 11 heteroatoms. The van der Waals surface area contributed by atoms with E-state index in [1.165, 1.54) is 14.2 Å². The molecule has 0 amide bonds. The maximum absolute atomic E-state index is 12.1. The Kier molecular flexibility index (Phi) is 7.46. The van der Waals surface area contributed by atoms with Crippen molar-refractivity contribution in [3.8, 4) is 23.3 Å². The first kappa shape index (κ1) is 25.2. The lowest BCUT2D eigenvalue weighted by Crippen LogP contribution is -2.36. The van der Waals surface area contributed by atoms with Gasteiger partial charge in [0.1, 0.15) is 0 Å². The smallest absolute Gasteiger partial charge is 0.267 e. The van der Waals surface area contributed by atoms with Gasteiger partial charge in [0.25, 0.3) is 10.1 Å².